The first-order valence-corrected chi connectivity index (χ1v) is 4.92. The number of rotatable bonds is 3. The van der Waals surface area contributed by atoms with Gasteiger partial charge in [0.25, 0.3) is 0 Å². The number of fused-ring (bicyclic) bond motifs is 1. The number of hydrogen-bond donors (Lipinski definition) is 1. The second-order valence-corrected chi connectivity index (χ2v) is 3.53. The zero-order valence-electron chi connectivity index (χ0n) is 8.80. The molecule has 84 valence electrons. The van der Waals surface area contributed by atoms with Gasteiger partial charge in [0.1, 0.15) is 5.82 Å². The normalized spacial score (nSPS) is 10.9. The lowest BCUT2D eigenvalue weighted by Gasteiger charge is -2.05. The van der Waals surface area contributed by atoms with Crippen LogP contribution < -0.4 is 5.11 Å². The SMILES string of the molecule is Cc1nc2cc(C(=O)[O-])ccc2n1CCO. The summed E-state index contributed by atoms with van der Waals surface area (Å²) in [5.74, 6) is -0.462. The molecular formula is C11H11N2O3-. The molecule has 1 aromatic carbocycles. The molecule has 0 amide bonds. The molecule has 0 atom stereocenters. The van der Waals surface area contributed by atoms with E-state index in [2.05, 4.69) is 4.98 Å². The Bertz CT molecular complexity index is 545. The van der Waals surface area contributed by atoms with E-state index < -0.39 is 5.97 Å². The lowest BCUT2D eigenvalue weighted by atomic mass is 10.2. The second-order valence-electron chi connectivity index (χ2n) is 3.53. The molecule has 0 aliphatic carbocycles. The van der Waals surface area contributed by atoms with E-state index in [0.29, 0.717) is 12.1 Å². The summed E-state index contributed by atoms with van der Waals surface area (Å²) >= 11 is 0. The number of carbonyl (C=O) groups is 1. The first-order valence-electron chi connectivity index (χ1n) is 4.92. The number of aryl methyl sites for hydroxylation is 1. The Morgan fingerprint density at radius 2 is 2.31 bits per heavy atom. The van der Waals surface area contributed by atoms with Crippen LogP contribution in [0.5, 0.6) is 0 Å². The van der Waals surface area contributed by atoms with Crippen LogP contribution in [0.1, 0.15) is 16.2 Å². The largest absolute Gasteiger partial charge is 0.545 e. The van der Waals surface area contributed by atoms with Crippen molar-refractivity contribution in [2.24, 2.45) is 0 Å². The summed E-state index contributed by atoms with van der Waals surface area (Å²) in [6.45, 7) is 2.29. The predicted molar refractivity (Wildman–Crippen MR) is 55.9 cm³/mol. The molecule has 0 saturated heterocycles. The van der Waals surface area contributed by atoms with Gasteiger partial charge in [-0.2, -0.15) is 0 Å². The smallest absolute Gasteiger partial charge is 0.106 e. The van der Waals surface area contributed by atoms with Crippen LogP contribution in [0.2, 0.25) is 0 Å². The van der Waals surface area contributed by atoms with Gasteiger partial charge >= 0.3 is 0 Å². The summed E-state index contributed by atoms with van der Waals surface area (Å²) < 4.78 is 1.84. The van der Waals surface area contributed by atoms with Gasteiger partial charge in [-0.15, -0.1) is 0 Å². The van der Waals surface area contributed by atoms with E-state index in [0.717, 1.165) is 11.3 Å². The highest BCUT2D eigenvalue weighted by atomic mass is 16.4. The molecular weight excluding hydrogens is 208 g/mol. The Morgan fingerprint density at radius 3 is 2.94 bits per heavy atom. The van der Waals surface area contributed by atoms with E-state index in [4.69, 9.17) is 5.11 Å². The summed E-state index contributed by atoms with van der Waals surface area (Å²) in [6.07, 6.45) is 0. The summed E-state index contributed by atoms with van der Waals surface area (Å²) in [5, 5.41) is 19.6. The maximum Gasteiger partial charge on any atom is 0.106 e. The number of nitrogens with zero attached hydrogens (tertiary/aromatic N) is 2. The minimum atomic E-state index is -1.21. The van der Waals surface area contributed by atoms with E-state index >= 15 is 0 Å². The molecule has 5 heteroatoms. The van der Waals surface area contributed by atoms with Gasteiger partial charge in [0, 0.05) is 6.54 Å². The van der Waals surface area contributed by atoms with Crippen LogP contribution >= 0.6 is 0 Å². The van der Waals surface area contributed by atoms with E-state index in [9.17, 15) is 9.90 Å². The molecule has 1 N–H and O–H groups in total. The number of carboxylic acid groups (broad SMARTS) is 1. The summed E-state index contributed by atoms with van der Waals surface area (Å²) in [6, 6.07) is 4.63. The monoisotopic (exact) mass is 219 g/mol. The lowest BCUT2D eigenvalue weighted by Crippen LogP contribution is -2.22. The van der Waals surface area contributed by atoms with Crippen molar-refractivity contribution in [3.8, 4) is 0 Å². The fourth-order valence-corrected chi connectivity index (χ4v) is 1.76. The van der Waals surface area contributed by atoms with Crippen molar-refractivity contribution in [3.05, 3.63) is 29.6 Å². The molecule has 2 aromatic rings. The Morgan fingerprint density at radius 1 is 1.56 bits per heavy atom. The van der Waals surface area contributed by atoms with Gasteiger partial charge in [0.15, 0.2) is 0 Å². The first kappa shape index (κ1) is 10.6. The molecule has 2 rings (SSSR count). The molecule has 0 bridgehead atoms. The van der Waals surface area contributed by atoms with Crippen LogP contribution in [-0.4, -0.2) is 27.2 Å². The van der Waals surface area contributed by atoms with Gasteiger partial charge in [0.2, 0.25) is 0 Å². The quantitative estimate of drug-likeness (QED) is 0.768. The number of carbonyl (C=O) groups excluding carboxylic acids is 1. The fourth-order valence-electron chi connectivity index (χ4n) is 1.76. The van der Waals surface area contributed by atoms with Crippen molar-refractivity contribution in [2.45, 2.75) is 13.5 Å². The molecule has 1 aromatic heterocycles. The van der Waals surface area contributed by atoms with Gasteiger partial charge in [0.05, 0.1) is 23.6 Å². The molecule has 0 fully saturated rings. The van der Waals surface area contributed by atoms with E-state index in [-0.39, 0.29) is 12.2 Å². The van der Waals surface area contributed by atoms with Crippen LogP contribution in [-0.2, 0) is 6.54 Å². The average molecular weight is 219 g/mol. The highest BCUT2D eigenvalue weighted by Crippen LogP contribution is 2.17. The highest BCUT2D eigenvalue weighted by molar-refractivity contribution is 5.91. The molecule has 5 nitrogen and oxygen atoms in total. The van der Waals surface area contributed by atoms with E-state index in [1.54, 1.807) is 6.07 Å². The number of hydrogen-bond acceptors (Lipinski definition) is 4. The zero-order valence-corrected chi connectivity index (χ0v) is 8.80. The van der Waals surface area contributed by atoms with Gasteiger partial charge in [-0.1, -0.05) is 6.07 Å². The Hall–Kier alpha value is -1.88. The van der Waals surface area contributed by atoms with Crippen LogP contribution in [0.15, 0.2) is 18.2 Å². The second kappa shape index (κ2) is 3.94. The molecule has 0 unspecified atom stereocenters. The predicted octanol–water partition coefficient (Wildman–Crippen LogP) is -0.299. The molecule has 0 saturated carbocycles. The fraction of sp³-hybridized carbons (Fsp3) is 0.273. The molecule has 0 spiro atoms. The van der Waals surface area contributed by atoms with Crippen molar-refractivity contribution >= 4 is 17.0 Å². The van der Waals surface area contributed by atoms with Gasteiger partial charge in [-0.3, -0.25) is 0 Å². The lowest BCUT2D eigenvalue weighted by molar-refractivity contribution is -0.255. The third-order valence-corrected chi connectivity index (χ3v) is 2.50. The van der Waals surface area contributed by atoms with Gasteiger partial charge < -0.3 is 19.6 Å². The zero-order chi connectivity index (χ0) is 11.7. The number of aliphatic hydroxyl groups excluding tert-OH is 1. The van der Waals surface area contributed by atoms with Crippen molar-refractivity contribution in [3.63, 3.8) is 0 Å². The Labute approximate surface area is 92.0 Å². The third kappa shape index (κ3) is 1.65. The number of aliphatic hydroxyl groups is 1. The molecule has 16 heavy (non-hydrogen) atoms. The van der Waals surface area contributed by atoms with Crippen LogP contribution in [0.4, 0.5) is 0 Å². The Kier molecular flexibility index (Phi) is 2.62. The maximum atomic E-state index is 10.7. The number of aromatic carboxylic acids is 1. The summed E-state index contributed by atoms with van der Waals surface area (Å²) in [7, 11) is 0. The van der Waals surface area contributed by atoms with Gasteiger partial charge in [-0.25, -0.2) is 4.98 Å². The molecule has 1 heterocycles. The minimum Gasteiger partial charge on any atom is -0.545 e. The Balaban J connectivity index is 2.60. The summed E-state index contributed by atoms with van der Waals surface area (Å²) in [4.78, 5) is 14.9. The average Bonchev–Trinajstić information content (AvgIpc) is 2.55. The third-order valence-electron chi connectivity index (χ3n) is 2.50. The number of carboxylic acids is 1. The number of imidazole rings is 1. The van der Waals surface area contributed by atoms with Crippen molar-refractivity contribution in [1.29, 1.82) is 0 Å². The van der Waals surface area contributed by atoms with Crippen LogP contribution in [0.3, 0.4) is 0 Å². The van der Waals surface area contributed by atoms with Gasteiger partial charge in [-0.05, 0) is 24.6 Å². The molecule has 0 aliphatic heterocycles. The van der Waals surface area contributed by atoms with Crippen molar-refractivity contribution < 1.29 is 15.0 Å². The van der Waals surface area contributed by atoms with E-state index in [1.807, 2.05) is 11.5 Å². The van der Waals surface area contributed by atoms with Crippen LogP contribution in [0.25, 0.3) is 11.0 Å². The first-order chi connectivity index (χ1) is 7.63. The minimum absolute atomic E-state index is 0.0224. The number of aromatic nitrogens is 2. The highest BCUT2D eigenvalue weighted by Gasteiger charge is 2.07. The molecule has 0 radical (unpaired) electrons. The number of benzene rings is 1. The van der Waals surface area contributed by atoms with Crippen LogP contribution in [0, 0.1) is 6.92 Å². The summed E-state index contributed by atoms with van der Waals surface area (Å²) in [5.41, 5.74) is 1.53. The maximum absolute atomic E-state index is 10.7. The molecule has 0 aliphatic rings. The topological polar surface area (TPSA) is 78.2 Å². The van der Waals surface area contributed by atoms with Crippen molar-refractivity contribution in [1.82, 2.24) is 9.55 Å². The standard InChI is InChI=1S/C11H12N2O3/c1-7-12-9-6-8(11(15)16)2-3-10(9)13(7)4-5-14/h2-3,6,14H,4-5H2,1H3,(H,15,16)/p-1. The van der Waals surface area contributed by atoms with Crippen molar-refractivity contribution in [2.75, 3.05) is 6.61 Å². The van der Waals surface area contributed by atoms with E-state index in [1.165, 1.54) is 12.1 Å².